The molecule has 0 bridgehead atoms. The summed E-state index contributed by atoms with van der Waals surface area (Å²) in [5, 5.41) is 13.9. The van der Waals surface area contributed by atoms with E-state index in [0.717, 1.165) is 5.56 Å². The molecule has 0 saturated heterocycles. The third-order valence-electron chi connectivity index (χ3n) is 2.66. The topological polar surface area (TPSA) is 81.5 Å². The average molecular weight is 248 g/mol. The number of carbonyl (C=O) groups excluding carboxylic acids is 1. The second-order valence-corrected chi connectivity index (χ2v) is 3.85. The van der Waals surface area contributed by atoms with E-state index in [4.69, 9.17) is 4.74 Å². The monoisotopic (exact) mass is 248 g/mol. The van der Waals surface area contributed by atoms with Crippen LogP contribution in [-0.4, -0.2) is 24.0 Å². The fourth-order valence-corrected chi connectivity index (χ4v) is 1.89. The highest BCUT2D eigenvalue weighted by Gasteiger charge is 2.25. The van der Waals surface area contributed by atoms with Gasteiger partial charge in [0.05, 0.1) is 10.5 Å². The number of rotatable bonds is 4. The molecular formula is C12H12N2O4. The minimum absolute atomic E-state index is 0.0853. The Morgan fingerprint density at radius 3 is 3.06 bits per heavy atom. The number of nitrogens with zero attached hydrogens (tertiary/aromatic N) is 1. The van der Waals surface area contributed by atoms with Gasteiger partial charge in [0.2, 0.25) is 0 Å². The molecule has 0 aromatic heterocycles. The van der Waals surface area contributed by atoms with Crippen molar-refractivity contribution < 1.29 is 14.5 Å². The summed E-state index contributed by atoms with van der Waals surface area (Å²) in [6.07, 6.45) is 2.11. The van der Waals surface area contributed by atoms with Crippen LogP contribution in [0.15, 0.2) is 24.8 Å². The molecule has 1 aliphatic heterocycles. The Hall–Kier alpha value is -2.37. The van der Waals surface area contributed by atoms with Crippen LogP contribution < -0.4 is 5.32 Å². The molecule has 0 unspecified atom stereocenters. The molecule has 1 heterocycles. The number of fused-ring (bicyclic) bond motifs is 1. The van der Waals surface area contributed by atoms with Crippen LogP contribution in [-0.2, 0) is 11.2 Å². The number of benzene rings is 1. The van der Waals surface area contributed by atoms with Gasteiger partial charge in [-0.3, -0.25) is 10.1 Å². The van der Waals surface area contributed by atoms with Crippen LogP contribution in [0.2, 0.25) is 0 Å². The lowest BCUT2D eigenvalue weighted by Crippen LogP contribution is -2.07. The summed E-state index contributed by atoms with van der Waals surface area (Å²) in [6.45, 7) is 4.16. The number of ether oxygens (including phenoxy) is 1. The number of anilines is 1. The Labute approximate surface area is 103 Å². The fraction of sp³-hybridized carbons (Fsp3) is 0.250. The van der Waals surface area contributed by atoms with Gasteiger partial charge in [0.15, 0.2) is 0 Å². The predicted octanol–water partition coefficient (Wildman–Crippen LogP) is 1.91. The van der Waals surface area contributed by atoms with Gasteiger partial charge < -0.3 is 10.1 Å². The van der Waals surface area contributed by atoms with Gasteiger partial charge in [-0.05, 0) is 18.1 Å². The predicted molar refractivity (Wildman–Crippen MR) is 65.8 cm³/mol. The highest BCUT2D eigenvalue weighted by atomic mass is 16.6. The number of nitro groups is 1. The highest BCUT2D eigenvalue weighted by molar-refractivity contribution is 5.92. The number of hydrogen-bond donors (Lipinski definition) is 1. The van der Waals surface area contributed by atoms with Gasteiger partial charge in [0.1, 0.15) is 12.3 Å². The molecule has 0 amide bonds. The van der Waals surface area contributed by atoms with E-state index in [0.29, 0.717) is 18.7 Å². The van der Waals surface area contributed by atoms with E-state index in [9.17, 15) is 14.9 Å². The molecule has 0 atom stereocenters. The third kappa shape index (κ3) is 2.17. The molecule has 94 valence electrons. The van der Waals surface area contributed by atoms with E-state index >= 15 is 0 Å². The van der Waals surface area contributed by atoms with Crippen molar-refractivity contribution in [2.75, 3.05) is 18.5 Å². The van der Waals surface area contributed by atoms with Crippen LogP contribution in [0, 0.1) is 10.1 Å². The second kappa shape index (κ2) is 4.87. The standard InChI is InChI=1S/C12H12N2O4/c1-2-5-18-12(15)9-6-8-3-4-13-11(8)10(7-9)14(16)17/h2,6-7,13H,1,3-5H2. The van der Waals surface area contributed by atoms with Crippen molar-refractivity contribution in [3.63, 3.8) is 0 Å². The zero-order valence-electron chi connectivity index (χ0n) is 9.64. The van der Waals surface area contributed by atoms with Gasteiger partial charge in [-0.25, -0.2) is 4.79 Å². The van der Waals surface area contributed by atoms with Gasteiger partial charge in [-0.15, -0.1) is 0 Å². The van der Waals surface area contributed by atoms with E-state index < -0.39 is 10.9 Å². The van der Waals surface area contributed by atoms with Crippen molar-refractivity contribution in [1.82, 2.24) is 0 Å². The number of esters is 1. The summed E-state index contributed by atoms with van der Waals surface area (Å²) in [6, 6.07) is 2.87. The first-order chi connectivity index (χ1) is 8.63. The SMILES string of the molecule is C=CCOC(=O)c1cc2c(c([N+](=O)[O-])c1)NCC2. The zero-order valence-corrected chi connectivity index (χ0v) is 9.64. The summed E-state index contributed by atoms with van der Waals surface area (Å²) < 4.78 is 4.87. The van der Waals surface area contributed by atoms with Crippen molar-refractivity contribution in [3.05, 3.63) is 46.0 Å². The van der Waals surface area contributed by atoms with Gasteiger partial charge in [-0.2, -0.15) is 0 Å². The van der Waals surface area contributed by atoms with E-state index in [1.807, 2.05) is 0 Å². The summed E-state index contributed by atoms with van der Waals surface area (Å²) in [4.78, 5) is 22.1. The fourth-order valence-electron chi connectivity index (χ4n) is 1.89. The minimum Gasteiger partial charge on any atom is -0.458 e. The Bertz CT molecular complexity index is 525. The number of nitrogens with one attached hydrogen (secondary N) is 1. The van der Waals surface area contributed by atoms with Gasteiger partial charge in [0, 0.05) is 12.6 Å². The first-order valence-electron chi connectivity index (χ1n) is 5.46. The Kier molecular flexibility index (Phi) is 3.27. The van der Waals surface area contributed by atoms with Crippen LogP contribution >= 0.6 is 0 Å². The molecule has 1 aromatic carbocycles. The quantitative estimate of drug-likeness (QED) is 0.381. The summed E-state index contributed by atoms with van der Waals surface area (Å²) in [7, 11) is 0. The second-order valence-electron chi connectivity index (χ2n) is 3.85. The molecule has 1 aromatic rings. The van der Waals surface area contributed by atoms with E-state index in [1.165, 1.54) is 12.1 Å². The van der Waals surface area contributed by atoms with Crippen LogP contribution in [0.4, 0.5) is 11.4 Å². The molecule has 2 rings (SSSR count). The molecular weight excluding hydrogens is 236 g/mol. The molecule has 0 radical (unpaired) electrons. The molecule has 0 spiro atoms. The number of hydrogen-bond acceptors (Lipinski definition) is 5. The maximum atomic E-state index is 11.7. The summed E-state index contributed by atoms with van der Waals surface area (Å²) in [5.41, 5.74) is 1.39. The average Bonchev–Trinajstić information content (AvgIpc) is 2.82. The van der Waals surface area contributed by atoms with Crippen molar-refractivity contribution >= 4 is 17.3 Å². The van der Waals surface area contributed by atoms with Crippen LogP contribution in [0.3, 0.4) is 0 Å². The zero-order chi connectivity index (χ0) is 13.1. The third-order valence-corrected chi connectivity index (χ3v) is 2.66. The van der Waals surface area contributed by atoms with Crippen LogP contribution in [0.25, 0.3) is 0 Å². The van der Waals surface area contributed by atoms with Crippen LogP contribution in [0.5, 0.6) is 0 Å². The molecule has 0 aliphatic carbocycles. The van der Waals surface area contributed by atoms with Crippen molar-refractivity contribution in [3.8, 4) is 0 Å². The van der Waals surface area contributed by atoms with Crippen molar-refractivity contribution in [2.24, 2.45) is 0 Å². The summed E-state index contributed by atoms with van der Waals surface area (Å²) >= 11 is 0. The Morgan fingerprint density at radius 2 is 2.39 bits per heavy atom. The van der Waals surface area contributed by atoms with E-state index in [1.54, 1.807) is 6.07 Å². The Balaban J connectivity index is 2.38. The van der Waals surface area contributed by atoms with Crippen LogP contribution in [0.1, 0.15) is 15.9 Å². The van der Waals surface area contributed by atoms with Crippen molar-refractivity contribution in [2.45, 2.75) is 6.42 Å². The number of carbonyl (C=O) groups is 1. The highest BCUT2D eigenvalue weighted by Crippen LogP contribution is 2.34. The number of nitro benzene ring substituents is 1. The molecule has 0 saturated carbocycles. The largest absolute Gasteiger partial charge is 0.458 e. The Morgan fingerprint density at radius 1 is 1.61 bits per heavy atom. The summed E-state index contributed by atoms with van der Waals surface area (Å²) in [5.74, 6) is -0.576. The maximum absolute atomic E-state index is 11.7. The first kappa shape index (κ1) is 12.1. The van der Waals surface area contributed by atoms with E-state index in [2.05, 4.69) is 11.9 Å². The lowest BCUT2D eigenvalue weighted by Gasteiger charge is -2.06. The minimum atomic E-state index is -0.576. The maximum Gasteiger partial charge on any atom is 0.338 e. The molecule has 1 N–H and O–H groups in total. The molecule has 6 heteroatoms. The van der Waals surface area contributed by atoms with Gasteiger partial charge in [-0.1, -0.05) is 12.7 Å². The van der Waals surface area contributed by atoms with Gasteiger partial charge in [0.25, 0.3) is 5.69 Å². The van der Waals surface area contributed by atoms with E-state index in [-0.39, 0.29) is 17.9 Å². The van der Waals surface area contributed by atoms with Gasteiger partial charge >= 0.3 is 5.97 Å². The molecule has 6 nitrogen and oxygen atoms in total. The van der Waals surface area contributed by atoms with Crippen molar-refractivity contribution in [1.29, 1.82) is 0 Å². The lowest BCUT2D eigenvalue weighted by atomic mass is 10.1. The first-order valence-corrected chi connectivity index (χ1v) is 5.46. The molecule has 1 aliphatic rings. The molecule has 0 fully saturated rings. The molecule has 18 heavy (non-hydrogen) atoms. The smallest absolute Gasteiger partial charge is 0.338 e. The normalized spacial score (nSPS) is 12.4. The lowest BCUT2D eigenvalue weighted by molar-refractivity contribution is -0.384.